The molecule has 5 aromatic rings. The third kappa shape index (κ3) is 4.06. The van der Waals surface area contributed by atoms with E-state index in [1.165, 1.54) is 4.40 Å². The third-order valence-corrected chi connectivity index (χ3v) is 5.24. The molecular formula is C25H21N5O3. The summed E-state index contributed by atoms with van der Waals surface area (Å²) in [4.78, 5) is 30.4. The van der Waals surface area contributed by atoms with Crippen LogP contribution in [0.15, 0.2) is 77.6 Å². The zero-order chi connectivity index (χ0) is 22.9. The Morgan fingerprint density at radius 1 is 0.939 bits per heavy atom. The van der Waals surface area contributed by atoms with E-state index in [2.05, 4.69) is 15.4 Å². The Hall–Kier alpha value is -4.46. The first kappa shape index (κ1) is 20.4. The number of carbonyl (C=O) groups is 1. The standard InChI is InChI=1S/C25H21N5O3/c1-16-7-11-18(12-8-16)26-22(31)15-29-25(32)30-21-6-4-3-5-20(21)27-24(23(30)28-29)33-19-13-9-17(2)10-14-19/h3-14H,15H2,1-2H3,(H,26,31). The molecular weight excluding hydrogens is 418 g/mol. The zero-order valence-corrected chi connectivity index (χ0v) is 18.1. The maximum absolute atomic E-state index is 13.2. The molecule has 1 N–H and O–H groups in total. The van der Waals surface area contributed by atoms with Crippen molar-refractivity contribution in [3.8, 4) is 11.6 Å². The fraction of sp³-hybridized carbons (Fsp3) is 0.120. The van der Waals surface area contributed by atoms with E-state index in [1.54, 1.807) is 12.1 Å². The van der Waals surface area contributed by atoms with E-state index in [0.717, 1.165) is 15.8 Å². The molecule has 8 nitrogen and oxygen atoms in total. The minimum Gasteiger partial charge on any atom is -0.436 e. The van der Waals surface area contributed by atoms with Crippen molar-refractivity contribution in [1.29, 1.82) is 0 Å². The number of carbonyl (C=O) groups excluding carboxylic acids is 1. The summed E-state index contributed by atoms with van der Waals surface area (Å²) in [7, 11) is 0. The molecule has 0 saturated carbocycles. The van der Waals surface area contributed by atoms with Crippen LogP contribution in [-0.2, 0) is 11.3 Å². The summed E-state index contributed by atoms with van der Waals surface area (Å²) in [6.45, 7) is 3.71. The molecule has 0 bridgehead atoms. The number of anilines is 1. The van der Waals surface area contributed by atoms with Crippen molar-refractivity contribution in [2.24, 2.45) is 0 Å². The van der Waals surface area contributed by atoms with Gasteiger partial charge in [0.25, 0.3) is 5.88 Å². The average molecular weight is 439 g/mol. The molecule has 0 fully saturated rings. The van der Waals surface area contributed by atoms with Crippen molar-refractivity contribution in [2.75, 3.05) is 5.32 Å². The van der Waals surface area contributed by atoms with E-state index >= 15 is 0 Å². The highest BCUT2D eigenvalue weighted by Crippen LogP contribution is 2.26. The highest BCUT2D eigenvalue weighted by molar-refractivity contribution is 5.90. The van der Waals surface area contributed by atoms with Crippen LogP contribution in [-0.4, -0.2) is 25.1 Å². The van der Waals surface area contributed by atoms with Crippen LogP contribution >= 0.6 is 0 Å². The second kappa shape index (κ2) is 8.23. The summed E-state index contributed by atoms with van der Waals surface area (Å²) >= 11 is 0. The molecule has 0 spiro atoms. The van der Waals surface area contributed by atoms with Gasteiger partial charge in [-0.2, -0.15) is 0 Å². The molecule has 0 atom stereocenters. The van der Waals surface area contributed by atoms with Gasteiger partial charge in [0.05, 0.1) is 11.0 Å². The van der Waals surface area contributed by atoms with Crippen LogP contribution in [0.2, 0.25) is 0 Å². The lowest BCUT2D eigenvalue weighted by molar-refractivity contribution is -0.117. The zero-order valence-electron chi connectivity index (χ0n) is 18.1. The van der Waals surface area contributed by atoms with Crippen molar-refractivity contribution in [1.82, 2.24) is 19.2 Å². The van der Waals surface area contributed by atoms with E-state index in [9.17, 15) is 9.59 Å². The van der Waals surface area contributed by atoms with Gasteiger partial charge in [-0.3, -0.25) is 4.79 Å². The molecule has 0 radical (unpaired) electrons. The van der Waals surface area contributed by atoms with E-state index in [-0.39, 0.29) is 24.0 Å². The summed E-state index contributed by atoms with van der Waals surface area (Å²) in [5.41, 5.74) is 3.79. The van der Waals surface area contributed by atoms with Crippen LogP contribution in [0.1, 0.15) is 11.1 Å². The first-order valence-electron chi connectivity index (χ1n) is 10.5. The number of fused-ring (bicyclic) bond motifs is 3. The number of nitrogens with one attached hydrogen (secondary N) is 1. The Labute approximate surface area is 189 Å². The van der Waals surface area contributed by atoms with Gasteiger partial charge in [0.2, 0.25) is 11.6 Å². The number of aryl methyl sites for hydroxylation is 2. The number of rotatable bonds is 5. The lowest BCUT2D eigenvalue weighted by Gasteiger charge is -2.07. The SMILES string of the molecule is Cc1ccc(NC(=O)Cn2nc3c(Oc4ccc(C)cc4)nc4ccccc4n3c2=O)cc1. The lowest BCUT2D eigenvalue weighted by Crippen LogP contribution is -2.28. The summed E-state index contributed by atoms with van der Waals surface area (Å²) in [5.74, 6) is 0.402. The van der Waals surface area contributed by atoms with Crippen molar-refractivity contribution >= 4 is 28.3 Å². The number of aromatic nitrogens is 4. The molecule has 0 unspecified atom stereocenters. The Bertz CT molecular complexity index is 1530. The smallest absolute Gasteiger partial charge is 0.351 e. The molecule has 33 heavy (non-hydrogen) atoms. The summed E-state index contributed by atoms with van der Waals surface area (Å²) in [6, 6.07) is 22.2. The van der Waals surface area contributed by atoms with Crippen LogP contribution in [0.4, 0.5) is 5.69 Å². The first-order chi connectivity index (χ1) is 16.0. The number of nitrogens with zero attached hydrogens (tertiary/aromatic N) is 4. The van der Waals surface area contributed by atoms with Crippen molar-refractivity contribution in [3.63, 3.8) is 0 Å². The van der Waals surface area contributed by atoms with Gasteiger partial charge < -0.3 is 10.1 Å². The first-order valence-corrected chi connectivity index (χ1v) is 10.5. The van der Waals surface area contributed by atoms with Gasteiger partial charge in [-0.05, 0) is 50.2 Å². The molecule has 0 aliphatic heterocycles. The normalized spacial score (nSPS) is 11.1. The predicted molar refractivity (Wildman–Crippen MR) is 126 cm³/mol. The Balaban J connectivity index is 1.55. The van der Waals surface area contributed by atoms with E-state index < -0.39 is 5.69 Å². The lowest BCUT2D eigenvalue weighted by atomic mass is 10.2. The maximum atomic E-state index is 13.2. The molecule has 0 saturated heterocycles. The minimum atomic E-state index is -0.448. The quantitative estimate of drug-likeness (QED) is 0.445. The highest BCUT2D eigenvalue weighted by Gasteiger charge is 2.19. The fourth-order valence-electron chi connectivity index (χ4n) is 3.53. The maximum Gasteiger partial charge on any atom is 0.351 e. The second-order valence-corrected chi connectivity index (χ2v) is 7.83. The fourth-order valence-corrected chi connectivity index (χ4v) is 3.53. The molecule has 3 aromatic carbocycles. The van der Waals surface area contributed by atoms with Gasteiger partial charge in [0, 0.05) is 5.69 Å². The van der Waals surface area contributed by atoms with Gasteiger partial charge in [-0.25, -0.2) is 18.9 Å². The Morgan fingerprint density at radius 2 is 1.61 bits per heavy atom. The minimum absolute atomic E-state index is 0.187. The van der Waals surface area contributed by atoms with Crippen LogP contribution in [0, 0.1) is 13.8 Å². The van der Waals surface area contributed by atoms with Crippen LogP contribution in [0.3, 0.4) is 0 Å². The molecule has 2 aromatic heterocycles. The van der Waals surface area contributed by atoms with Crippen molar-refractivity contribution in [2.45, 2.75) is 20.4 Å². The van der Waals surface area contributed by atoms with E-state index in [1.807, 2.05) is 74.5 Å². The van der Waals surface area contributed by atoms with Gasteiger partial charge >= 0.3 is 5.69 Å². The molecule has 2 heterocycles. The van der Waals surface area contributed by atoms with E-state index in [4.69, 9.17) is 4.74 Å². The third-order valence-electron chi connectivity index (χ3n) is 5.24. The number of amides is 1. The van der Waals surface area contributed by atoms with Crippen molar-refractivity contribution < 1.29 is 9.53 Å². The largest absolute Gasteiger partial charge is 0.436 e. The monoisotopic (exact) mass is 439 g/mol. The molecule has 8 heteroatoms. The second-order valence-electron chi connectivity index (χ2n) is 7.83. The number of benzene rings is 3. The summed E-state index contributed by atoms with van der Waals surface area (Å²) in [6.07, 6.45) is 0. The van der Waals surface area contributed by atoms with E-state index in [0.29, 0.717) is 22.5 Å². The summed E-state index contributed by atoms with van der Waals surface area (Å²) in [5, 5.41) is 7.18. The number of hydrogen-bond donors (Lipinski definition) is 1. The number of para-hydroxylation sites is 2. The van der Waals surface area contributed by atoms with Crippen LogP contribution in [0.5, 0.6) is 11.6 Å². The van der Waals surface area contributed by atoms with Crippen LogP contribution < -0.4 is 15.7 Å². The highest BCUT2D eigenvalue weighted by atomic mass is 16.5. The molecule has 5 rings (SSSR count). The topological polar surface area (TPSA) is 90.5 Å². The van der Waals surface area contributed by atoms with Gasteiger partial charge in [0.15, 0.2) is 0 Å². The average Bonchev–Trinajstić information content (AvgIpc) is 3.13. The molecule has 0 aliphatic carbocycles. The van der Waals surface area contributed by atoms with Crippen molar-refractivity contribution in [3.05, 3.63) is 94.4 Å². The van der Waals surface area contributed by atoms with Gasteiger partial charge in [0.1, 0.15) is 12.3 Å². The van der Waals surface area contributed by atoms with Gasteiger partial charge in [-0.1, -0.05) is 47.5 Å². The Kier molecular flexibility index (Phi) is 5.10. The van der Waals surface area contributed by atoms with Gasteiger partial charge in [-0.15, -0.1) is 5.10 Å². The molecule has 0 aliphatic rings. The summed E-state index contributed by atoms with van der Waals surface area (Å²) < 4.78 is 8.53. The Morgan fingerprint density at radius 3 is 2.33 bits per heavy atom. The molecule has 1 amide bonds. The molecule has 164 valence electrons. The van der Waals surface area contributed by atoms with Crippen LogP contribution in [0.25, 0.3) is 16.7 Å². The predicted octanol–water partition coefficient (Wildman–Crippen LogP) is 4.09. The number of hydrogen-bond acceptors (Lipinski definition) is 5. The number of ether oxygens (including phenoxy) is 1.